The molecule has 4 saturated heterocycles. The summed E-state index contributed by atoms with van der Waals surface area (Å²) in [5.41, 5.74) is 3.61. The lowest BCUT2D eigenvalue weighted by Gasteiger charge is -2.33. The van der Waals surface area contributed by atoms with E-state index in [4.69, 9.17) is 37.9 Å². The van der Waals surface area contributed by atoms with E-state index in [1.54, 1.807) is 14.2 Å². The SMILES string of the molecule is COC1CC(OCc2ccccc2)C2OC(C)C1O2.COC1CC(OCc2ccccc2C)C2OCC1O2. The van der Waals surface area contributed by atoms with Crippen LogP contribution in [0.5, 0.6) is 0 Å². The Morgan fingerprint density at radius 3 is 2.18 bits per heavy atom. The summed E-state index contributed by atoms with van der Waals surface area (Å²) in [7, 11) is 3.43. The number of hydrogen-bond donors (Lipinski definition) is 0. The summed E-state index contributed by atoms with van der Waals surface area (Å²) in [5, 5.41) is 0. The molecule has 0 N–H and O–H groups in total. The third-order valence-corrected chi connectivity index (χ3v) is 7.78. The third kappa shape index (κ3) is 6.46. The molecule has 6 rings (SSSR count). The summed E-state index contributed by atoms with van der Waals surface area (Å²) < 4.78 is 45.9. The first-order valence-corrected chi connectivity index (χ1v) is 13.5. The van der Waals surface area contributed by atoms with Crippen LogP contribution in [0.2, 0.25) is 0 Å². The second-order valence-corrected chi connectivity index (χ2v) is 10.3. The second kappa shape index (κ2) is 13.0. The van der Waals surface area contributed by atoms with Crippen LogP contribution >= 0.6 is 0 Å². The minimum absolute atomic E-state index is 0.0339. The molecule has 9 unspecified atom stereocenters. The number of ether oxygens (including phenoxy) is 8. The van der Waals surface area contributed by atoms with Crippen molar-refractivity contribution >= 4 is 0 Å². The fourth-order valence-corrected chi connectivity index (χ4v) is 5.47. The zero-order chi connectivity index (χ0) is 26.5. The lowest BCUT2D eigenvalue weighted by molar-refractivity contribution is -0.205. The second-order valence-electron chi connectivity index (χ2n) is 10.3. The molecule has 2 aromatic carbocycles. The Hall–Kier alpha value is -1.88. The van der Waals surface area contributed by atoms with E-state index in [1.807, 2.05) is 37.3 Å². The van der Waals surface area contributed by atoms with Gasteiger partial charge in [-0.05, 0) is 30.5 Å². The summed E-state index contributed by atoms with van der Waals surface area (Å²) in [6.45, 7) is 5.88. The van der Waals surface area contributed by atoms with Crippen LogP contribution in [0.3, 0.4) is 0 Å². The summed E-state index contributed by atoms with van der Waals surface area (Å²) >= 11 is 0. The molecule has 38 heavy (non-hydrogen) atoms. The van der Waals surface area contributed by atoms with Crippen LogP contribution in [-0.2, 0) is 51.1 Å². The van der Waals surface area contributed by atoms with E-state index in [0.29, 0.717) is 19.8 Å². The molecule has 4 bridgehead atoms. The monoisotopic (exact) mass is 528 g/mol. The van der Waals surface area contributed by atoms with Crippen molar-refractivity contribution < 1.29 is 37.9 Å². The summed E-state index contributed by atoms with van der Waals surface area (Å²) in [5.74, 6) is 0. The topological polar surface area (TPSA) is 73.8 Å². The molecule has 208 valence electrons. The highest BCUT2D eigenvalue weighted by Gasteiger charge is 2.49. The Kier molecular flexibility index (Phi) is 9.46. The molecule has 2 aromatic rings. The number of methoxy groups -OCH3 is 2. The maximum atomic E-state index is 5.98. The lowest BCUT2D eigenvalue weighted by Crippen LogP contribution is -2.44. The average molecular weight is 529 g/mol. The molecule has 0 spiro atoms. The highest BCUT2D eigenvalue weighted by atomic mass is 16.8. The Labute approximate surface area is 225 Å². The molecule has 4 fully saturated rings. The molecule has 0 aromatic heterocycles. The van der Waals surface area contributed by atoms with Gasteiger partial charge in [0.1, 0.15) is 24.4 Å². The zero-order valence-electron chi connectivity index (χ0n) is 22.7. The average Bonchev–Trinajstić information content (AvgIpc) is 3.52. The van der Waals surface area contributed by atoms with Gasteiger partial charge in [-0.15, -0.1) is 0 Å². The molecule has 0 radical (unpaired) electrons. The van der Waals surface area contributed by atoms with Gasteiger partial charge >= 0.3 is 0 Å². The number of benzene rings is 2. The molecule has 0 saturated carbocycles. The number of hydrogen-bond acceptors (Lipinski definition) is 8. The van der Waals surface area contributed by atoms with Crippen LogP contribution in [0, 0.1) is 6.92 Å². The molecule has 4 aliphatic rings. The number of fused-ring (bicyclic) bond motifs is 4. The van der Waals surface area contributed by atoms with Crippen LogP contribution in [0.1, 0.15) is 36.5 Å². The molecule has 4 aliphatic heterocycles. The maximum Gasteiger partial charge on any atom is 0.184 e. The molecule has 4 heterocycles. The van der Waals surface area contributed by atoms with Gasteiger partial charge in [0.15, 0.2) is 12.6 Å². The molecular weight excluding hydrogens is 488 g/mol. The van der Waals surface area contributed by atoms with Gasteiger partial charge in [0.05, 0.1) is 38.1 Å². The quantitative estimate of drug-likeness (QED) is 0.506. The number of rotatable bonds is 8. The van der Waals surface area contributed by atoms with Gasteiger partial charge in [0, 0.05) is 27.1 Å². The normalized spacial score (nSPS) is 35.5. The minimum Gasteiger partial charge on any atom is -0.379 e. The van der Waals surface area contributed by atoms with Gasteiger partial charge in [-0.2, -0.15) is 0 Å². The van der Waals surface area contributed by atoms with Crippen molar-refractivity contribution in [2.24, 2.45) is 0 Å². The van der Waals surface area contributed by atoms with Gasteiger partial charge in [-0.1, -0.05) is 54.6 Å². The summed E-state index contributed by atoms with van der Waals surface area (Å²) in [6, 6.07) is 18.4. The third-order valence-electron chi connectivity index (χ3n) is 7.78. The van der Waals surface area contributed by atoms with Crippen molar-refractivity contribution in [1.29, 1.82) is 0 Å². The van der Waals surface area contributed by atoms with Gasteiger partial charge < -0.3 is 37.9 Å². The van der Waals surface area contributed by atoms with E-state index in [9.17, 15) is 0 Å². The summed E-state index contributed by atoms with van der Waals surface area (Å²) in [6.07, 6.45) is 1.33. The molecule has 0 aliphatic carbocycles. The first-order chi connectivity index (χ1) is 18.6. The zero-order valence-corrected chi connectivity index (χ0v) is 22.7. The lowest BCUT2D eigenvalue weighted by atomic mass is 10.0. The van der Waals surface area contributed by atoms with Crippen molar-refractivity contribution in [2.75, 3.05) is 20.8 Å². The Balaban J connectivity index is 0.000000155. The highest BCUT2D eigenvalue weighted by molar-refractivity contribution is 5.24. The summed E-state index contributed by atoms with van der Waals surface area (Å²) in [4.78, 5) is 0. The Morgan fingerprint density at radius 2 is 1.42 bits per heavy atom. The molecule has 0 amide bonds. The molecule has 8 nitrogen and oxygen atoms in total. The fraction of sp³-hybridized carbons (Fsp3) is 0.600. The van der Waals surface area contributed by atoms with Crippen LogP contribution in [0.4, 0.5) is 0 Å². The van der Waals surface area contributed by atoms with Crippen LogP contribution in [-0.4, -0.2) is 76.1 Å². The van der Waals surface area contributed by atoms with E-state index in [1.165, 1.54) is 11.1 Å². The van der Waals surface area contributed by atoms with Gasteiger partial charge in [-0.3, -0.25) is 0 Å². The van der Waals surface area contributed by atoms with Gasteiger partial charge in [-0.25, -0.2) is 0 Å². The smallest absolute Gasteiger partial charge is 0.184 e. The predicted molar refractivity (Wildman–Crippen MR) is 139 cm³/mol. The first-order valence-electron chi connectivity index (χ1n) is 13.5. The maximum absolute atomic E-state index is 5.98. The van der Waals surface area contributed by atoms with E-state index < -0.39 is 0 Å². The Bertz CT molecular complexity index is 1000. The van der Waals surface area contributed by atoms with E-state index in [-0.39, 0.29) is 55.3 Å². The van der Waals surface area contributed by atoms with Crippen LogP contribution in [0.15, 0.2) is 54.6 Å². The van der Waals surface area contributed by atoms with Crippen molar-refractivity contribution in [1.82, 2.24) is 0 Å². The predicted octanol–water partition coefficient (Wildman–Crippen LogP) is 4.16. The number of aryl methyl sites for hydroxylation is 1. The molecule has 9 atom stereocenters. The first kappa shape index (κ1) is 27.7. The van der Waals surface area contributed by atoms with E-state index in [2.05, 4.69) is 31.2 Å². The molecular formula is C30H40O8. The van der Waals surface area contributed by atoms with Gasteiger partial charge in [0.25, 0.3) is 0 Å². The van der Waals surface area contributed by atoms with E-state index >= 15 is 0 Å². The van der Waals surface area contributed by atoms with Crippen molar-refractivity contribution in [3.05, 3.63) is 71.3 Å². The largest absolute Gasteiger partial charge is 0.379 e. The van der Waals surface area contributed by atoms with Crippen LogP contribution < -0.4 is 0 Å². The molecule has 8 heteroatoms. The van der Waals surface area contributed by atoms with E-state index in [0.717, 1.165) is 18.4 Å². The highest BCUT2D eigenvalue weighted by Crippen LogP contribution is 2.35. The Morgan fingerprint density at radius 1 is 0.737 bits per heavy atom. The van der Waals surface area contributed by atoms with Gasteiger partial charge in [0.2, 0.25) is 0 Å². The standard InChI is InChI=1S/2C15H20O4/c1-10-5-3-4-6-11(10)8-17-13-7-12(16-2)14-9-18-15(13)19-14;1-10-14-12(16-2)8-13(15(18-10)19-14)17-9-11-6-4-3-5-7-11/h3-6,12-15H,7-9H2,1-2H3;3-7,10,12-15H,8-9H2,1-2H3. The van der Waals surface area contributed by atoms with Crippen molar-refractivity contribution in [2.45, 2.75) is 95.2 Å². The van der Waals surface area contributed by atoms with Crippen LogP contribution in [0.25, 0.3) is 0 Å². The van der Waals surface area contributed by atoms with Crippen molar-refractivity contribution in [3.8, 4) is 0 Å². The minimum atomic E-state index is -0.255. The fourth-order valence-electron chi connectivity index (χ4n) is 5.47. The van der Waals surface area contributed by atoms with Crippen molar-refractivity contribution in [3.63, 3.8) is 0 Å².